The molecule has 2 fully saturated rings. The molecule has 4 heteroatoms. The van der Waals surface area contributed by atoms with Crippen LogP contribution in [0.3, 0.4) is 0 Å². The second kappa shape index (κ2) is 6.10. The maximum Gasteiger partial charge on any atom is 0.223 e. The Morgan fingerprint density at radius 1 is 1.20 bits per heavy atom. The quantitative estimate of drug-likeness (QED) is 0.905. The zero-order valence-electron chi connectivity index (χ0n) is 15.3. The van der Waals surface area contributed by atoms with Crippen molar-refractivity contribution in [2.24, 2.45) is 17.8 Å². The highest BCUT2D eigenvalue weighted by atomic mass is 16.2. The molecule has 2 aromatic rings. The van der Waals surface area contributed by atoms with Crippen LogP contribution in [0, 0.1) is 24.7 Å². The van der Waals surface area contributed by atoms with Crippen molar-refractivity contribution >= 4 is 16.7 Å². The Kier molecular flexibility index (Phi) is 4.03. The lowest BCUT2D eigenvalue weighted by Crippen LogP contribution is -2.44. The molecule has 4 rings (SSSR count). The van der Waals surface area contributed by atoms with E-state index in [0.29, 0.717) is 11.8 Å². The SMILES string of the molecule is Cc1cc2ccccc2c(C(C)(C)NC(=O)C2C[C@H]3CNC[C@H]3C2)n1. The number of aromatic nitrogens is 1. The maximum absolute atomic E-state index is 12.9. The summed E-state index contributed by atoms with van der Waals surface area (Å²) < 4.78 is 0. The first-order valence-corrected chi connectivity index (χ1v) is 9.33. The van der Waals surface area contributed by atoms with Crippen LogP contribution < -0.4 is 10.6 Å². The molecule has 0 spiro atoms. The van der Waals surface area contributed by atoms with E-state index in [2.05, 4.69) is 42.7 Å². The van der Waals surface area contributed by atoms with Crippen molar-refractivity contribution in [3.05, 3.63) is 41.7 Å². The largest absolute Gasteiger partial charge is 0.345 e. The first-order chi connectivity index (χ1) is 11.9. The fourth-order valence-corrected chi connectivity index (χ4v) is 4.66. The molecule has 1 saturated heterocycles. The van der Waals surface area contributed by atoms with Gasteiger partial charge in [0.1, 0.15) is 0 Å². The number of fused-ring (bicyclic) bond motifs is 2. The number of aryl methyl sites for hydroxylation is 1. The maximum atomic E-state index is 12.9. The third-order valence-electron chi connectivity index (χ3n) is 5.92. The highest BCUT2D eigenvalue weighted by Gasteiger charge is 2.41. The number of nitrogens with one attached hydrogen (secondary N) is 2. The molecule has 4 nitrogen and oxygen atoms in total. The van der Waals surface area contributed by atoms with E-state index in [9.17, 15) is 4.79 Å². The van der Waals surface area contributed by atoms with Crippen LogP contribution in [0.15, 0.2) is 30.3 Å². The highest BCUT2D eigenvalue weighted by Crippen LogP contribution is 2.39. The molecule has 1 aliphatic carbocycles. The van der Waals surface area contributed by atoms with E-state index in [1.165, 1.54) is 5.39 Å². The van der Waals surface area contributed by atoms with Gasteiger partial charge in [0.25, 0.3) is 0 Å². The molecule has 1 aromatic carbocycles. The Labute approximate surface area is 149 Å². The van der Waals surface area contributed by atoms with Gasteiger partial charge in [-0.2, -0.15) is 0 Å². The molecule has 2 N–H and O–H groups in total. The summed E-state index contributed by atoms with van der Waals surface area (Å²) in [4.78, 5) is 17.7. The molecule has 0 bridgehead atoms. The zero-order chi connectivity index (χ0) is 17.6. The van der Waals surface area contributed by atoms with Crippen LogP contribution >= 0.6 is 0 Å². The summed E-state index contributed by atoms with van der Waals surface area (Å²) >= 11 is 0. The molecule has 1 unspecified atom stereocenters. The Hall–Kier alpha value is -1.94. The van der Waals surface area contributed by atoms with Crippen molar-refractivity contribution in [3.63, 3.8) is 0 Å². The number of benzene rings is 1. The van der Waals surface area contributed by atoms with Gasteiger partial charge in [-0.05, 0) is 70.0 Å². The predicted molar refractivity (Wildman–Crippen MR) is 100 cm³/mol. The smallest absolute Gasteiger partial charge is 0.223 e. The number of carbonyl (C=O) groups is 1. The van der Waals surface area contributed by atoms with Crippen molar-refractivity contribution in [1.29, 1.82) is 0 Å². The topological polar surface area (TPSA) is 54.0 Å². The Morgan fingerprint density at radius 3 is 2.60 bits per heavy atom. The number of hydrogen-bond acceptors (Lipinski definition) is 3. The normalized spacial score (nSPS) is 26.0. The van der Waals surface area contributed by atoms with Gasteiger partial charge in [0.05, 0.1) is 11.2 Å². The van der Waals surface area contributed by atoms with Gasteiger partial charge in [-0.1, -0.05) is 24.3 Å². The van der Waals surface area contributed by atoms with Gasteiger partial charge in [0.2, 0.25) is 5.91 Å². The van der Waals surface area contributed by atoms with Crippen molar-refractivity contribution < 1.29 is 4.79 Å². The van der Waals surface area contributed by atoms with Crippen LogP contribution in [-0.4, -0.2) is 24.0 Å². The summed E-state index contributed by atoms with van der Waals surface area (Å²) in [6.07, 6.45) is 2.03. The average Bonchev–Trinajstić information content (AvgIpc) is 3.15. The average molecular weight is 337 g/mol. The molecule has 2 heterocycles. The molecule has 3 atom stereocenters. The number of carbonyl (C=O) groups excluding carboxylic acids is 1. The van der Waals surface area contributed by atoms with E-state index in [4.69, 9.17) is 4.98 Å². The standard InChI is InChI=1S/C21H27N3O/c1-13-8-14-6-4-5-7-18(14)19(23-13)21(2,3)24-20(25)15-9-16-11-22-12-17(16)10-15/h4-8,15-17,22H,9-12H2,1-3H3,(H,24,25)/t15?,16-,17+. The van der Waals surface area contributed by atoms with Gasteiger partial charge in [0.15, 0.2) is 0 Å². The van der Waals surface area contributed by atoms with E-state index in [0.717, 1.165) is 42.7 Å². The van der Waals surface area contributed by atoms with Crippen LogP contribution in [0.1, 0.15) is 38.1 Å². The summed E-state index contributed by atoms with van der Waals surface area (Å²) in [5.74, 6) is 1.69. The minimum atomic E-state index is -0.487. The molecule has 1 aliphatic heterocycles. The zero-order valence-corrected chi connectivity index (χ0v) is 15.3. The molecule has 0 radical (unpaired) electrons. The molecular weight excluding hydrogens is 310 g/mol. The monoisotopic (exact) mass is 337 g/mol. The summed E-state index contributed by atoms with van der Waals surface area (Å²) in [5, 5.41) is 9.04. The summed E-state index contributed by atoms with van der Waals surface area (Å²) in [6, 6.07) is 10.4. The predicted octanol–water partition coefficient (Wildman–Crippen LogP) is 3.14. The van der Waals surface area contributed by atoms with E-state index in [1.54, 1.807) is 0 Å². The van der Waals surface area contributed by atoms with E-state index in [1.807, 2.05) is 19.1 Å². The number of amides is 1. The fourth-order valence-electron chi connectivity index (χ4n) is 4.66. The summed E-state index contributed by atoms with van der Waals surface area (Å²) in [5.41, 5.74) is 1.45. The Morgan fingerprint density at radius 2 is 1.88 bits per heavy atom. The minimum Gasteiger partial charge on any atom is -0.345 e. The van der Waals surface area contributed by atoms with Crippen LogP contribution in [0.25, 0.3) is 10.8 Å². The van der Waals surface area contributed by atoms with Crippen molar-refractivity contribution in [3.8, 4) is 0 Å². The minimum absolute atomic E-state index is 0.146. The van der Waals surface area contributed by atoms with Crippen molar-refractivity contribution in [2.75, 3.05) is 13.1 Å². The van der Waals surface area contributed by atoms with Gasteiger partial charge in [-0.15, -0.1) is 0 Å². The van der Waals surface area contributed by atoms with Gasteiger partial charge < -0.3 is 10.6 Å². The lowest BCUT2D eigenvalue weighted by molar-refractivity contribution is -0.126. The first kappa shape index (κ1) is 16.5. The van der Waals surface area contributed by atoms with Crippen molar-refractivity contribution in [2.45, 2.75) is 39.2 Å². The molecule has 1 saturated carbocycles. The van der Waals surface area contributed by atoms with Gasteiger partial charge in [0, 0.05) is 17.0 Å². The lowest BCUT2D eigenvalue weighted by atomic mass is 9.93. The van der Waals surface area contributed by atoms with E-state index in [-0.39, 0.29) is 11.8 Å². The molecule has 1 amide bonds. The molecule has 1 aromatic heterocycles. The second-order valence-electron chi connectivity index (χ2n) is 8.29. The fraction of sp³-hybridized carbons (Fsp3) is 0.524. The third-order valence-corrected chi connectivity index (χ3v) is 5.92. The van der Waals surface area contributed by atoms with Gasteiger partial charge in [-0.25, -0.2) is 0 Å². The number of hydrogen-bond donors (Lipinski definition) is 2. The highest BCUT2D eigenvalue weighted by molar-refractivity contribution is 5.87. The Balaban J connectivity index is 1.58. The van der Waals surface area contributed by atoms with Crippen LogP contribution in [0.5, 0.6) is 0 Å². The van der Waals surface area contributed by atoms with Crippen LogP contribution in [-0.2, 0) is 10.3 Å². The lowest BCUT2D eigenvalue weighted by Gasteiger charge is -2.29. The summed E-state index contributed by atoms with van der Waals surface area (Å²) in [6.45, 7) is 8.29. The molecule has 2 aliphatic rings. The number of nitrogens with zero attached hydrogens (tertiary/aromatic N) is 1. The van der Waals surface area contributed by atoms with Crippen molar-refractivity contribution in [1.82, 2.24) is 15.6 Å². The first-order valence-electron chi connectivity index (χ1n) is 9.33. The van der Waals surface area contributed by atoms with Crippen LogP contribution in [0.2, 0.25) is 0 Å². The number of pyridine rings is 1. The Bertz CT molecular complexity index is 802. The molecular formula is C21H27N3O. The van der Waals surface area contributed by atoms with E-state index < -0.39 is 5.54 Å². The van der Waals surface area contributed by atoms with Crippen LogP contribution in [0.4, 0.5) is 0 Å². The second-order valence-corrected chi connectivity index (χ2v) is 8.29. The third kappa shape index (κ3) is 3.04. The van der Waals surface area contributed by atoms with E-state index >= 15 is 0 Å². The molecule has 25 heavy (non-hydrogen) atoms. The van der Waals surface area contributed by atoms with Gasteiger partial charge in [-0.3, -0.25) is 9.78 Å². The summed E-state index contributed by atoms with van der Waals surface area (Å²) in [7, 11) is 0. The van der Waals surface area contributed by atoms with Gasteiger partial charge >= 0.3 is 0 Å². The number of rotatable bonds is 3. The molecule has 132 valence electrons.